The molecule has 1 unspecified atom stereocenters. The number of aryl methyl sites for hydroxylation is 1. The molecule has 0 aliphatic carbocycles. The first-order chi connectivity index (χ1) is 8.87. The monoisotopic (exact) mass is 305 g/mol. The Morgan fingerprint density at radius 2 is 2.11 bits per heavy atom. The van der Waals surface area contributed by atoms with Crippen LogP contribution in [-0.2, 0) is 14.8 Å². The Bertz CT molecular complexity index is 646. The highest BCUT2D eigenvalue weighted by molar-refractivity contribution is 7.91. The van der Waals surface area contributed by atoms with Crippen LogP contribution in [0.15, 0.2) is 9.00 Å². The number of aromatic amines is 1. The molecule has 2 N–H and O–H groups in total. The third-order valence-electron chi connectivity index (χ3n) is 2.99. The number of amides is 1. The van der Waals surface area contributed by atoms with Crippen molar-refractivity contribution in [3.63, 3.8) is 0 Å². The van der Waals surface area contributed by atoms with Crippen LogP contribution in [0.1, 0.15) is 19.0 Å². The van der Waals surface area contributed by atoms with Gasteiger partial charge in [0.05, 0.1) is 0 Å². The number of carbonyl (C=O) groups is 1. The highest BCUT2D eigenvalue weighted by Gasteiger charge is 2.38. The van der Waals surface area contributed by atoms with E-state index in [2.05, 4.69) is 10.3 Å². The molecule has 1 saturated heterocycles. The lowest BCUT2D eigenvalue weighted by Gasteiger charge is -2.33. The molecule has 106 valence electrons. The molecule has 0 bridgehead atoms. The van der Waals surface area contributed by atoms with Crippen molar-refractivity contribution in [1.29, 1.82) is 0 Å². The van der Waals surface area contributed by atoms with Crippen molar-refractivity contribution in [2.75, 3.05) is 13.1 Å². The molecule has 2 rings (SSSR count). The average Bonchev–Trinajstić information content (AvgIpc) is 2.68. The molecule has 19 heavy (non-hydrogen) atoms. The normalized spacial score (nSPS) is 21.4. The van der Waals surface area contributed by atoms with Crippen molar-refractivity contribution in [3.8, 4) is 0 Å². The molecule has 2 heterocycles. The van der Waals surface area contributed by atoms with E-state index in [1.54, 1.807) is 6.92 Å². The molecule has 0 saturated carbocycles. The molecule has 0 aromatic carbocycles. The van der Waals surface area contributed by atoms with Crippen molar-refractivity contribution in [2.45, 2.75) is 30.5 Å². The second-order valence-corrected chi connectivity index (χ2v) is 7.33. The van der Waals surface area contributed by atoms with Crippen LogP contribution < -0.4 is 10.2 Å². The van der Waals surface area contributed by atoms with Gasteiger partial charge in [0.25, 0.3) is 10.0 Å². The number of nitrogens with zero attached hydrogens (tertiary/aromatic N) is 1. The topological polar surface area (TPSA) is 99.3 Å². The van der Waals surface area contributed by atoms with Gasteiger partial charge in [-0.25, -0.2) is 8.42 Å². The van der Waals surface area contributed by atoms with Crippen molar-refractivity contribution < 1.29 is 13.2 Å². The van der Waals surface area contributed by atoms with Gasteiger partial charge in [-0.15, -0.1) is 0 Å². The first-order valence-corrected chi connectivity index (χ1v) is 8.13. The number of hydrogen-bond acceptors (Lipinski definition) is 5. The number of thiazole rings is 1. The first-order valence-electron chi connectivity index (χ1n) is 5.87. The summed E-state index contributed by atoms with van der Waals surface area (Å²) in [5.41, 5.74) is 0.316. The maximum Gasteiger partial charge on any atom is 0.305 e. The molecule has 1 amide bonds. The lowest BCUT2D eigenvalue weighted by atomic mass is 10.2. The Morgan fingerprint density at radius 1 is 1.42 bits per heavy atom. The van der Waals surface area contributed by atoms with E-state index in [9.17, 15) is 18.0 Å². The van der Waals surface area contributed by atoms with E-state index >= 15 is 0 Å². The van der Waals surface area contributed by atoms with Gasteiger partial charge in [-0.1, -0.05) is 18.3 Å². The van der Waals surface area contributed by atoms with E-state index in [-0.39, 0.29) is 23.2 Å². The van der Waals surface area contributed by atoms with E-state index in [4.69, 9.17) is 0 Å². The Balaban J connectivity index is 2.46. The third kappa shape index (κ3) is 2.45. The maximum absolute atomic E-state index is 12.5. The van der Waals surface area contributed by atoms with E-state index in [0.29, 0.717) is 23.5 Å². The predicted octanol–water partition coefficient (Wildman–Crippen LogP) is -0.356. The van der Waals surface area contributed by atoms with Crippen LogP contribution in [0.5, 0.6) is 0 Å². The van der Waals surface area contributed by atoms with Crippen LogP contribution in [0.4, 0.5) is 0 Å². The van der Waals surface area contributed by atoms with Gasteiger partial charge in [0.15, 0.2) is 4.21 Å². The standard InChI is InChI=1S/C10H15N3O4S2/c1-3-7-8(14)11-4-5-13(7)19(16,17)9-6(2)12-10(15)18-9/h7H,3-5H2,1-2H3,(H,11,14)(H,12,15). The van der Waals surface area contributed by atoms with Gasteiger partial charge in [-0.2, -0.15) is 4.31 Å². The third-order valence-corrected chi connectivity index (χ3v) is 6.48. The molecule has 1 atom stereocenters. The fourth-order valence-corrected chi connectivity index (χ4v) is 5.19. The summed E-state index contributed by atoms with van der Waals surface area (Å²) in [6.45, 7) is 3.80. The van der Waals surface area contributed by atoms with Crippen molar-refractivity contribution >= 4 is 27.3 Å². The molecule has 0 radical (unpaired) electrons. The fourth-order valence-electron chi connectivity index (χ4n) is 2.11. The average molecular weight is 305 g/mol. The van der Waals surface area contributed by atoms with Crippen LogP contribution in [0.25, 0.3) is 0 Å². The predicted molar refractivity (Wildman–Crippen MR) is 70.7 cm³/mol. The summed E-state index contributed by atoms with van der Waals surface area (Å²) in [5, 5.41) is 2.65. The van der Waals surface area contributed by atoms with E-state index in [1.165, 1.54) is 11.2 Å². The smallest absolute Gasteiger partial charge is 0.305 e. The second-order valence-electron chi connectivity index (χ2n) is 4.26. The highest BCUT2D eigenvalue weighted by atomic mass is 32.2. The van der Waals surface area contributed by atoms with Crippen molar-refractivity contribution in [1.82, 2.24) is 14.6 Å². The highest BCUT2D eigenvalue weighted by Crippen LogP contribution is 2.24. The molecule has 1 aromatic heterocycles. The first kappa shape index (κ1) is 14.2. The maximum atomic E-state index is 12.5. The van der Waals surface area contributed by atoms with Gasteiger partial charge in [0, 0.05) is 18.8 Å². The van der Waals surface area contributed by atoms with E-state index < -0.39 is 20.9 Å². The van der Waals surface area contributed by atoms with Gasteiger partial charge in [0.2, 0.25) is 5.91 Å². The second kappa shape index (κ2) is 5.06. The van der Waals surface area contributed by atoms with E-state index in [0.717, 1.165) is 0 Å². The lowest BCUT2D eigenvalue weighted by molar-refractivity contribution is -0.126. The Kier molecular flexibility index (Phi) is 3.79. The molecular weight excluding hydrogens is 290 g/mol. The minimum atomic E-state index is -3.81. The van der Waals surface area contributed by atoms with Gasteiger partial charge in [-0.3, -0.25) is 9.59 Å². The Morgan fingerprint density at radius 3 is 2.63 bits per heavy atom. The van der Waals surface area contributed by atoms with Crippen molar-refractivity contribution in [3.05, 3.63) is 15.4 Å². The largest absolute Gasteiger partial charge is 0.353 e. The zero-order valence-corrected chi connectivity index (χ0v) is 12.2. The van der Waals surface area contributed by atoms with Crippen LogP contribution in [0.2, 0.25) is 0 Å². The molecule has 1 aliphatic rings. The summed E-state index contributed by atoms with van der Waals surface area (Å²) in [4.78, 5) is 25.0. The number of piperazine rings is 1. The number of aromatic nitrogens is 1. The number of rotatable bonds is 3. The van der Waals surface area contributed by atoms with Gasteiger partial charge in [-0.05, 0) is 13.3 Å². The summed E-state index contributed by atoms with van der Waals surface area (Å²) in [5.74, 6) is -0.294. The van der Waals surface area contributed by atoms with Gasteiger partial charge >= 0.3 is 4.87 Å². The summed E-state index contributed by atoms with van der Waals surface area (Å²) >= 11 is 0.656. The van der Waals surface area contributed by atoms with Crippen LogP contribution in [0, 0.1) is 6.92 Å². The number of carbonyl (C=O) groups excluding carboxylic acids is 1. The fraction of sp³-hybridized carbons (Fsp3) is 0.600. The zero-order chi connectivity index (χ0) is 14.2. The van der Waals surface area contributed by atoms with Crippen molar-refractivity contribution in [2.24, 2.45) is 0 Å². The van der Waals surface area contributed by atoms with E-state index in [1.807, 2.05) is 0 Å². The summed E-state index contributed by atoms with van der Waals surface area (Å²) in [6, 6.07) is -0.713. The molecule has 9 heteroatoms. The Hall–Kier alpha value is -1.19. The molecule has 1 aliphatic heterocycles. The molecule has 1 fully saturated rings. The van der Waals surface area contributed by atoms with Crippen LogP contribution in [0.3, 0.4) is 0 Å². The van der Waals surface area contributed by atoms with Gasteiger partial charge < -0.3 is 10.3 Å². The number of H-pyrrole nitrogens is 1. The number of nitrogens with one attached hydrogen (secondary N) is 2. The summed E-state index contributed by atoms with van der Waals surface area (Å²) < 4.78 is 26.2. The minimum Gasteiger partial charge on any atom is -0.353 e. The number of sulfonamides is 1. The summed E-state index contributed by atoms with van der Waals surface area (Å²) in [7, 11) is -3.81. The minimum absolute atomic E-state index is 0.00866. The summed E-state index contributed by atoms with van der Waals surface area (Å²) in [6.07, 6.45) is 0.392. The SMILES string of the molecule is CCC1C(=O)NCCN1S(=O)(=O)c1sc(=O)[nH]c1C. The number of hydrogen-bond donors (Lipinski definition) is 2. The van der Waals surface area contributed by atoms with Gasteiger partial charge in [0.1, 0.15) is 6.04 Å². The lowest BCUT2D eigenvalue weighted by Crippen LogP contribution is -2.56. The molecule has 0 spiro atoms. The molecular formula is C10H15N3O4S2. The molecule has 1 aromatic rings. The molecule has 7 nitrogen and oxygen atoms in total. The van der Waals surface area contributed by atoms with Crippen LogP contribution in [-0.4, -0.2) is 42.7 Å². The Labute approximate surface area is 114 Å². The zero-order valence-electron chi connectivity index (χ0n) is 10.6. The van der Waals surface area contributed by atoms with Crippen LogP contribution >= 0.6 is 11.3 Å². The quantitative estimate of drug-likeness (QED) is 0.797.